The average Bonchev–Trinajstić information content (AvgIpc) is 3.16. The van der Waals surface area contributed by atoms with Crippen molar-refractivity contribution in [2.45, 2.75) is 50.5 Å². The Morgan fingerprint density at radius 1 is 1.27 bits per heavy atom. The fourth-order valence-corrected chi connectivity index (χ4v) is 2.95. The molecule has 0 aliphatic heterocycles. The normalized spacial score (nSPS) is 20.9. The van der Waals surface area contributed by atoms with E-state index in [0.717, 1.165) is 24.0 Å². The van der Waals surface area contributed by atoms with Gasteiger partial charge in [0.25, 0.3) is 5.92 Å². The van der Waals surface area contributed by atoms with E-state index in [1.165, 1.54) is 10.4 Å². The first-order chi connectivity index (χ1) is 10.4. The van der Waals surface area contributed by atoms with Crippen LogP contribution in [0.1, 0.15) is 48.8 Å². The molecule has 0 spiro atoms. The highest BCUT2D eigenvalue weighted by Gasteiger charge is 2.47. The molecule has 0 bridgehead atoms. The Balaban J connectivity index is 1.68. The van der Waals surface area contributed by atoms with E-state index in [1.54, 1.807) is 0 Å². The van der Waals surface area contributed by atoms with Crippen molar-refractivity contribution in [1.82, 2.24) is 20.2 Å². The number of aryl methyl sites for hydroxylation is 1. The van der Waals surface area contributed by atoms with E-state index in [9.17, 15) is 8.78 Å². The quantitative estimate of drug-likeness (QED) is 0.885. The number of tetrazole rings is 1. The first kappa shape index (κ1) is 13.6. The highest BCUT2D eigenvalue weighted by molar-refractivity contribution is 5.69. The van der Waals surface area contributed by atoms with Crippen LogP contribution in [0, 0.1) is 6.92 Å². The monoisotopic (exact) mass is 305 g/mol. The van der Waals surface area contributed by atoms with Crippen molar-refractivity contribution in [2.24, 2.45) is 0 Å². The Morgan fingerprint density at radius 3 is 2.64 bits per heavy atom. The summed E-state index contributed by atoms with van der Waals surface area (Å²) >= 11 is 0. The Bertz CT molecular complexity index is 728. The predicted octanol–water partition coefficient (Wildman–Crippen LogP) is 3.08. The highest BCUT2D eigenvalue weighted by atomic mass is 19.3. The van der Waals surface area contributed by atoms with E-state index in [1.807, 2.05) is 13.0 Å². The molecule has 0 amide bonds. The number of hydrogen-bond acceptors (Lipinski definition) is 4. The molecule has 4 rings (SSSR count). The van der Waals surface area contributed by atoms with E-state index < -0.39 is 5.92 Å². The summed E-state index contributed by atoms with van der Waals surface area (Å²) < 4.78 is 25.9. The van der Waals surface area contributed by atoms with Crippen LogP contribution in [-0.4, -0.2) is 26.1 Å². The Hall–Kier alpha value is -2.05. The first-order valence-electron chi connectivity index (χ1n) is 7.51. The second kappa shape index (κ2) is 4.47. The number of nitrogens with zero attached hydrogens (tertiary/aromatic N) is 4. The number of alkyl halides is 2. The molecule has 0 unspecified atom stereocenters. The van der Waals surface area contributed by atoms with Gasteiger partial charge in [0.15, 0.2) is 0 Å². The summed E-state index contributed by atoms with van der Waals surface area (Å²) in [6.07, 6.45) is 1.88. The molecule has 0 atom stereocenters. The zero-order valence-corrected chi connectivity index (χ0v) is 12.3. The molecule has 22 heavy (non-hydrogen) atoms. The lowest BCUT2D eigenvalue weighted by molar-refractivity contribution is -0.110. The van der Waals surface area contributed by atoms with Crippen LogP contribution in [0.3, 0.4) is 0 Å². The minimum Gasteiger partial charge on any atom is -0.398 e. The topological polar surface area (TPSA) is 69.6 Å². The second-order valence-electron chi connectivity index (χ2n) is 6.42. The van der Waals surface area contributed by atoms with E-state index in [-0.39, 0.29) is 18.9 Å². The maximum Gasteiger partial charge on any atom is 0.252 e. The molecule has 0 saturated heterocycles. The van der Waals surface area contributed by atoms with Crippen molar-refractivity contribution in [2.75, 3.05) is 5.73 Å². The molecule has 1 aromatic heterocycles. The van der Waals surface area contributed by atoms with Gasteiger partial charge in [0, 0.05) is 24.1 Å². The zero-order valence-electron chi connectivity index (χ0n) is 12.3. The fourth-order valence-electron chi connectivity index (χ4n) is 2.95. The van der Waals surface area contributed by atoms with Crippen molar-refractivity contribution in [3.05, 3.63) is 23.3 Å². The average molecular weight is 305 g/mol. The summed E-state index contributed by atoms with van der Waals surface area (Å²) in [7, 11) is 0. The third-order valence-electron chi connectivity index (χ3n) is 4.52. The lowest BCUT2D eigenvalue weighted by Crippen LogP contribution is -2.38. The third kappa shape index (κ3) is 2.24. The van der Waals surface area contributed by atoms with Crippen LogP contribution in [0.25, 0.3) is 11.4 Å². The van der Waals surface area contributed by atoms with Gasteiger partial charge in [0.2, 0.25) is 5.82 Å². The van der Waals surface area contributed by atoms with Gasteiger partial charge in [-0.25, -0.2) is 8.78 Å². The summed E-state index contributed by atoms with van der Waals surface area (Å²) in [5, 5.41) is 12.3. The second-order valence-corrected chi connectivity index (χ2v) is 6.42. The van der Waals surface area contributed by atoms with Crippen LogP contribution < -0.4 is 5.73 Å². The molecular formula is C15H17F2N5. The summed E-state index contributed by atoms with van der Waals surface area (Å²) in [5.41, 5.74) is 9.79. The smallest absolute Gasteiger partial charge is 0.252 e. The number of anilines is 1. The number of halogens is 2. The van der Waals surface area contributed by atoms with Crippen LogP contribution >= 0.6 is 0 Å². The molecule has 0 radical (unpaired) electrons. The van der Waals surface area contributed by atoms with Crippen LogP contribution in [0.2, 0.25) is 0 Å². The standard InChI is InChI=1S/C15H17F2N5/c1-8-4-11(9-2-3-9)12(5-13(8)18)14-19-21-22(20-14)10-6-15(16,17)7-10/h4-5,9-10H,2-3,6-7,18H2,1H3. The number of hydrogen-bond donors (Lipinski definition) is 1. The van der Waals surface area contributed by atoms with Gasteiger partial charge in [-0.15, -0.1) is 10.2 Å². The lowest BCUT2D eigenvalue weighted by Gasteiger charge is -2.33. The minimum atomic E-state index is -2.59. The minimum absolute atomic E-state index is 0.214. The van der Waals surface area contributed by atoms with Gasteiger partial charge in [-0.2, -0.15) is 4.80 Å². The molecule has 2 aliphatic carbocycles. The largest absolute Gasteiger partial charge is 0.398 e. The van der Waals surface area contributed by atoms with Crippen molar-refractivity contribution >= 4 is 5.69 Å². The lowest BCUT2D eigenvalue weighted by atomic mass is 9.89. The van der Waals surface area contributed by atoms with Crippen LogP contribution in [0.4, 0.5) is 14.5 Å². The Labute approximate surface area is 126 Å². The van der Waals surface area contributed by atoms with Gasteiger partial charge < -0.3 is 5.73 Å². The molecule has 1 heterocycles. The molecule has 2 saturated carbocycles. The number of nitrogen functional groups attached to an aromatic ring is 1. The SMILES string of the molecule is Cc1cc(C2CC2)c(-c2nnn(C3CC(F)(F)C3)n2)cc1N. The number of aromatic nitrogens is 4. The zero-order chi connectivity index (χ0) is 15.5. The van der Waals surface area contributed by atoms with Gasteiger partial charge in [-0.05, 0) is 48.1 Å². The maximum absolute atomic E-state index is 13.0. The van der Waals surface area contributed by atoms with E-state index in [2.05, 4.69) is 21.5 Å². The molecule has 2 aromatic rings. The highest BCUT2D eigenvalue weighted by Crippen LogP contribution is 2.46. The molecular weight excluding hydrogens is 288 g/mol. The molecule has 5 nitrogen and oxygen atoms in total. The number of rotatable bonds is 3. The van der Waals surface area contributed by atoms with Crippen molar-refractivity contribution < 1.29 is 8.78 Å². The van der Waals surface area contributed by atoms with Crippen molar-refractivity contribution in [3.8, 4) is 11.4 Å². The van der Waals surface area contributed by atoms with Gasteiger partial charge in [-0.1, -0.05) is 6.07 Å². The third-order valence-corrected chi connectivity index (χ3v) is 4.52. The van der Waals surface area contributed by atoms with Crippen molar-refractivity contribution in [1.29, 1.82) is 0 Å². The van der Waals surface area contributed by atoms with Crippen LogP contribution in [0.5, 0.6) is 0 Å². The fraction of sp³-hybridized carbons (Fsp3) is 0.533. The maximum atomic E-state index is 13.0. The van der Waals surface area contributed by atoms with E-state index in [0.29, 0.717) is 17.4 Å². The first-order valence-corrected chi connectivity index (χ1v) is 7.51. The number of benzene rings is 1. The Kier molecular flexibility index (Phi) is 2.76. The van der Waals surface area contributed by atoms with E-state index in [4.69, 9.17) is 5.73 Å². The molecule has 1 aromatic carbocycles. The van der Waals surface area contributed by atoms with Gasteiger partial charge in [-0.3, -0.25) is 0 Å². The molecule has 2 fully saturated rings. The predicted molar refractivity (Wildman–Crippen MR) is 77.6 cm³/mol. The van der Waals surface area contributed by atoms with E-state index >= 15 is 0 Å². The molecule has 2 N–H and O–H groups in total. The molecule has 7 heteroatoms. The van der Waals surface area contributed by atoms with Crippen LogP contribution in [0.15, 0.2) is 12.1 Å². The van der Waals surface area contributed by atoms with Gasteiger partial charge in [0.1, 0.15) is 0 Å². The summed E-state index contributed by atoms with van der Waals surface area (Å²) in [4.78, 5) is 1.32. The van der Waals surface area contributed by atoms with Gasteiger partial charge in [0.05, 0.1) is 6.04 Å². The summed E-state index contributed by atoms with van der Waals surface area (Å²) in [5.74, 6) is -1.59. The molecule has 116 valence electrons. The van der Waals surface area contributed by atoms with Crippen LogP contribution in [-0.2, 0) is 0 Å². The van der Waals surface area contributed by atoms with Crippen molar-refractivity contribution in [3.63, 3.8) is 0 Å². The number of nitrogens with two attached hydrogens (primary N) is 1. The van der Waals surface area contributed by atoms with Gasteiger partial charge >= 0.3 is 0 Å². The summed E-state index contributed by atoms with van der Waals surface area (Å²) in [6.45, 7) is 1.98. The molecule has 2 aliphatic rings. The Morgan fingerprint density at radius 2 is 2.00 bits per heavy atom. The summed E-state index contributed by atoms with van der Waals surface area (Å²) in [6, 6.07) is 3.60.